The van der Waals surface area contributed by atoms with E-state index in [-0.39, 0.29) is 35.4 Å². The maximum Gasteiger partial charge on any atom is 0.253 e. The van der Waals surface area contributed by atoms with Crippen LogP contribution in [0.3, 0.4) is 0 Å². The molecule has 0 aliphatic heterocycles. The van der Waals surface area contributed by atoms with Crippen LogP contribution in [0.15, 0.2) is 29.3 Å². The number of guanidine groups is 1. The van der Waals surface area contributed by atoms with Gasteiger partial charge in [0.15, 0.2) is 5.96 Å². The van der Waals surface area contributed by atoms with Gasteiger partial charge in [-0.15, -0.1) is 24.0 Å². The van der Waals surface area contributed by atoms with Crippen molar-refractivity contribution in [1.29, 1.82) is 0 Å². The second kappa shape index (κ2) is 10.5. The van der Waals surface area contributed by atoms with Gasteiger partial charge in [0, 0.05) is 38.3 Å². The van der Waals surface area contributed by atoms with E-state index in [1.165, 1.54) is 0 Å². The Balaban J connectivity index is 0.00000529. The fourth-order valence-corrected chi connectivity index (χ4v) is 2.08. The Morgan fingerprint density at radius 3 is 2.46 bits per heavy atom. The van der Waals surface area contributed by atoms with Crippen molar-refractivity contribution in [2.75, 3.05) is 27.2 Å². The van der Waals surface area contributed by atoms with Gasteiger partial charge < -0.3 is 15.5 Å². The van der Waals surface area contributed by atoms with Crippen LogP contribution in [0.25, 0.3) is 0 Å². The molecule has 0 aliphatic carbocycles. The van der Waals surface area contributed by atoms with Gasteiger partial charge in [0.25, 0.3) is 5.91 Å². The first-order valence-corrected chi connectivity index (χ1v) is 8.10. The molecule has 0 saturated carbocycles. The standard InChI is InChI=1S/C18H30N4O.HI/c1-7-19-17(21-18(2,3)4)20-12-11-14-9-8-10-15(13-14)16(23)22(5)6;/h8-10,13H,7,11-12H2,1-6H3,(H2,19,20,21);1H. The number of aliphatic imine (C=N–C) groups is 1. The van der Waals surface area contributed by atoms with Crippen LogP contribution in [0.2, 0.25) is 0 Å². The molecule has 0 unspecified atom stereocenters. The van der Waals surface area contributed by atoms with Gasteiger partial charge in [0.05, 0.1) is 0 Å². The minimum absolute atomic E-state index is 0. The number of nitrogens with zero attached hydrogens (tertiary/aromatic N) is 2. The first-order chi connectivity index (χ1) is 10.7. The summed E-state index contributed by atoms with van der Waals surface area (Å²) < 4.78 is 0. The van der Waals surface area contributed by atoms with E-state index in [4.69, 9.17) is 0 Å². The third-order valence-electron chi connectivity index (χ3n) is 3.09. The van der Waals surface area contributed by atoms with Crippen LogP contribution in [-0.2, 0) is 6.42 Å². The van der Waals surface area contributed by atoms with Gasteiger partial charge in [-0.1, -0.05) is 12.1 Å². The lowest BCUT2D eigenvalue weighted by atomic mass is 10.1. The second-order valence-electron chi connectivity index (χ2n) is 6.79. The first kappa shape index (κ1) is 22.7. The molecule has 6 heteroatoms. The molecule has 1 aromatic rings. The molecule has 0 bridgehead atoms. The average Bonchev–Trinajstić information content (AvgIpc) is 2.45. The summed E-state index contributed by atoms with van der Waals surface area (Å²) in [5.41, 5.74) is 1.81. The van der Waals surface area contributed by atoms with Crippen molar-refractivity contribution < 1.29 is 4.79 Å². The minimum Gasteiger partial charge on any atom is -0.357 e. The Bertz CT molecular complexity index is 550. The van der Waals surface area contributed by atoms with Gasteiger partial charge >= 0.3 is 0 Å². The summed E-state index contributed by atoms with van der Waals surface area (Å²) in [7, 11) is 3.53. The third-order valence-corrected chi connectivity index (χ3v) is 3.09. The molecule has 1 aromatic carbocycles. The predicted octanol–water partition coefficient (Wildman–Crippen LogP) is 2.90. The number of hydrogen-bond acceptors (Lipinski definition) is 2. The molecule has 24 heavy (non-hydrogen) atoms. The third kappa shape index (κ3) is 8.52. The highest BCUT2D eigenvalue weighted by Gasteiger charge is 2.11. The van der Waals surface area contributed by atoms with Gasteiger partial charge in [-0.2, -0.15) is 0 Å². The molecule has 0 atom stereocenters. The Labute approximate surface area is 163 Å². The highest BCUT2D eigenvalue weighted by Crippen LogP contribution is 2.08. The van der Waals surface area contributed by atoms with Crippen LogP contribution in [0.4, 0.5) is 0 Å². The largest absolute Gasteiger partial charge is 0.357 e. The first-order valence-electron chi connectivity index (χ1n) is 8.10. The van der Waals surface area contributed by atoms with E-state index >= 15 is 0 Å². The van der Waals surface area contributed by atoms with Crippen LogP contribution in [0.5, 0.6) is 0 Å². The van der Waals surface area contributed by atoms with Crippen LogP contribution in [0.1, 0.15) is 43.6 Å². The molecule has 0 aliphatic rings. The summed E-state index contributed by atoms with van der Waals surface area (Å²) in [6.07, 6.45) is 0.801. The number of carbonyl (C=O) groups excluding carboxylic acids is 1. The normalized spacial score (nSPS) is 11.5. The number of rotatable bonds is 5. The van der Waals surface area contributed by atoms with Crippen molar-refractivity contribution in [2.45, 2.75) is 39.7 Å². The topological polar surface area (TPSA) is 56.7 Å². The fourth-order valence-electron chi connectivity index (χ4n) is 2.08. The highest BCUT2D eigenvalue weighted by atomic mass is 127. The van der Waals surface area contributed by atoms with Gasteiger partial charge in [0.2, 0.25) is 0 Å². The lowest BCUT2D eigenvalue weighted by Gasteiger charge is -2.23. The molecule has 0 fully saturated rings. The van der Waals surface area contributed by atoms with Gasteiger partial charge in [-0.25, -0.2) is 0 Å². The minimum atomic E-state index is -0.0287. The zero-order valence-corrected chi connectivity index (χ0v) is 18.0. The van der Waals surface area contributed by atoms with E-state index in [0.29, 0.717) is 6.54 Å². The van der Waals surface area contributed by atoms with E-state index in [1.54, 1.807) is 19.0 Å². The van der Waals surface area contributed by atoms with Crippen LogP contribution >= 0.6 is 24.0 Å². The second-order valence-corrected chi connectivity index (χ2v) is 6.79. The Kier molecular flexibility index (Phi) is 9.96. The van der Waals surface area contributed by atoms with Crippen molar-refractivity contribution in [3.8, 4) is 0 Å². The van der Waals surface area contributed by atoms with Crippen molar-refractivity contribution in [3.05, 3.63) is 35.4 Å². The van der Waals surface area contributed by atoms with Crippen molar-refractivity contribution in [3.63, 3.8) is 0 Å². The molecular weight excluding hydrogens is 415 g/mol. The van der Waals surface area contributed by atoms with Crippen molar-refractivity contribution in [1.82, 2.24) is 15.5 Å². The van der Waals surface area contributed by atoms with E-state index < -0.39 is 0 Å². The van der Waals surface area contributed by atoms with E-state index in [1.807, 2.05) is 24.3 Å². The molecule has 0 saturated heterocycles. The van der Waals surface area contributed by atoms with E-state index in [0.717, 1.165) is 30.1 Å². The molecular formula is C18H31IN4O. The molecule has 0 spiro atoms. The molecule has 1 rings (SSSR count). The number of hydrogen-bond donors (Lipinski definition) is 2. The zero-order valence-electron chi connectivity index (χ0n) is 15.6. The Morgan fingerprint density at radius 1 is 1.25 bits per heavy atom. The molecule has 0 aromatic heterocycles. The van der Waals surface area contributed by atoms with Crippen molar-refractivity contribution >= 4 is 35.8 Å². The predicted molar refractivity (Wildman–Crippen MR) is 112 cm³/mol. The summed E-state index contributed by atoms with van der Waals surface area (Å²) in [5, 5.41) is 6.61. The average molecular weight is 446 g/mol. The highest BCUT2D eigenvalue weighted by molar-refractivity contribution is 14.0. The summed E-state index contributed by atoms with van der Waals surface area (Å²) in [6, 6.07) is 7.75. The number of nitrogens with one attached hydrogen (secondary N) is 2. The quantitative estimate of drug-likeness (QED) is 0.416. The van der Waals surface area contributed by atoms with Gasteiger partial charge in [0.1, 0.15) is 0 Å². The lowest BCUT2D eigenvalue weighted by Crippen LogP contribution is -2.47. The van der Waals surface area contributed by atoms with E-state index in [2.05, 4.69) is 43.3 Å². The monoisotopic (exact) mass is 446 g/mol. The lowest BCUT2D eigenvalue weighted by molar-refractivity contribution is 0.0827. The SMILES string of the molecule is CCNC(=NCCc1cccc(C(=O)N(C)C)c1)NC(C)(C)C.I. The molecule has 0 radical (unpaired) electrons. The van der Waals surface area contributed by atoms with Crippen LogP contribution in [-0.4, -0.2) is 49.5 Å². The van der Waals surface area contributed by atoms with Crippen molar-refractivity contribution in [2.24, 2.45) is 4.99 Å². The number of benzene rings is 1. The summed E-state index contributed by atoms with van der Waals surface area (Å²) in [5.74, 6) is 0.846. The van der Waals surface area contributed by atoms with Gasteiger partial charge in [-0.05, 0) is 51.8 Å². The summed E-state index contributed by atoms with van der Waals surface area (Å²) in [4.78, 5) is 18.2. The Hall–Kier alpha value is -1.31. The number of halogens is 1. The number of amides is 1. The van der Waals surface area contributed by atoms with E-state index in [9.17, 15) is 4.79 Å². The Morgan fingerprint density at radius 2 is 1.92 bits per heavy atom. The van der Waals surface area contributed by atoms with Gasteiger partial charge in [-0.3, -0.25) is 9.79 Å². The molecule has 0 heterocycles. The maximum absolute atomic E-state index is 12.0. The zero-order chi connectivity index (χ0) is 17.5. The summed E-state index contributed by atoms with van der Waals surface area (Å²) in [6.45, 7) is 9.87. The molecule has 1 amide bonds. The van der Waals surface area contributed by atoms with Crippen LogP contribution in [0, 0.1) is 0 Å². The molecule has 5 nitrogen and oxygen atoms in total. The van der Waals surface area contributed by atoms with Crippen LogP contribution < -0.4 is 10.6 Å². The summed E-state index contributed by atoms with van der Waals surface area (Å²) >= 11 is 0. The maximum atomic E-state index is 12.0. The molecule has 2 N–H and O–H groups in total. The smallest absolute Gasteiger partial charge is 0.253 e. The number of carbonyl (C=O) groups is 1. The molecule has 136 valence electrons. The fraction of sp³-hybridized carbons (Fsp3) is 0.556.